The van der Waals surface area contributed by atoms with E-state index in [1.807, 2.05) is 30.3 Å². The third-order valence-electron chi connectivity index (χ3n) is 6.29. The molecule has 1 aromatic heterocycles. The summed E-state index contributed by atoms with van der Waals surface area (Å²) < 4.78 is 39.8. The molecule has 2 aromatic rings. The van der Waals surface area contributed by atoms with Crippen LogP contribution < -0.4 is 0 Å². The molecule has 1 aromatic carbocycles. The number of alkyl halides is 3. The predicted molar refractivity (Wildman–Crippen MR) is 103 cm³/mol. The van der Waals surface area contributed by atoms with Gasteiger partial charge in [0.1, 0.15) is 0 Å². The maximum atomic E-state index is 13.3. The minimum Gasteiger partial charge on any atom is -0.303 e. The molecule has 0 radical (unpaired) electrons. The number of halogens is 3. The van der Waals surface area contributed by atoms with Crippen LogP contribution in [0.4, 0.5) is 13.2 Å². The summed E-state index contributed by atoms with van der Waals surface area (Å²) in [6.07, 6.45) is 2.56. The Bertz CT molecular complexity index is 783. The van der Waals surface area contributed by atoms with Gasteiger partial charge in [-0.3, -0.25) is 9.88 Å². The minimum absolute atomic E-state index is 0.480. The van der Waals surface area contributed by atoms with E-state index < -0.39 is 18.3 Å². The normalized spacial score (nSPS) is 20.2. The first-order chi connectivity index (χ1) is 13.5. The van der Waals surface area contributed by atoms with E-state index in [4.69, 9.17) is 0 Å². The van der Waals surface area contributed by atoms with Crippen molar-refractivity contribution in [2.75, 3.05) is 32.7 Å². The second-order valence-corrected chi connectivity index (χ2v) is 7.92. The Morgan fingerprint density at radius 1 is 0.964 bits per heavy atom. The minimum atomic E-state index is -4.17. The van der Waals surface area contributed by atoms with Gasteiger partial charge < -0.3 is 4.90 Å². The summed E-state index contributed by atoms with van der Waals surface area (Å²) in [4.78, 5) is 8.13. The van der Waals surface area contributed by atoms with Crippen molar-refractivity contribution in [3.8, 4) is 0 Å². The van der Waals surface area contributed by atoms with Crippen LogP contribution >= 0.6 is 0 Å². The standard InChI is InChI=1S/C22H26F3N3/c23-22(24,25)17-28-14-8-19-3-1-2-4-20(19)21(28)9-15-27(16-10-21)13-7-18-5-11-26-12-6-18/h1-6,11-12H,7-10,13-17H2. The van der Waals surface area contributed by atoms with E-state index >= 15 is 0 Å². The second kappa shape index (κ2) is 7.84. The molecule has 4 rings (SSSR count). The lowest BCUT2D eigenvalue weighted by Gasteiger charge is -2.52. The van der Waals surface area contributed by atoms with Crippen LogP contribution in [0.25, 0.3) is 0 Å². The molecule has 3 heterocycles. The molecule has 0 saturated carbocycles. The number of aromatic nitrogens is 1. The largest absolute Gasteiger partial charge is 0.401 e. The van der Waals surface area contributed by atoms with Crippen molar-refractivity contribution in [1.29, 1.82) is 0 Å². The first kappa shape index (κ1) is 19.4. The number of rotatable bonds is 4. The summed E-state index contributed by atoms with van der Waals surface area (Å²) >= 11 is 0. The molecule has 0 N–H and O–H groups in total. The van der Waals surface area contributed by atoms with E-state index in [0.717, 1.165) is 44.5 Å². The van der Waals surface area contributed by atoms with Gasteiger partial charge in [-0.1, -0.05) is 24.3 Å². The molecule has 0 atom stereocenters. The molecular formula is C22H26F3N3. The molecule has 0 amide bonds. The molecule has 0 bridgehead atoms. The third-order valence-corrected chi connectivity index (χ3v) is 6.29. The van der Waals surface area contributed by atoms with E-state index in [1.165, 1.54) is 11.1 Å². The monoisotopic (exact) mass is 389 g/mol. The van der Waals surface area contributed by atoms with Gasteiger partial charge in [0.15, 0.2) is 0 Å². The first-order valence-electron chi connectivity index (χ1n) is 9.98. The summed E-state index contributed by atoms with van der Waals surface area (Å²) in [5.41, 5.74) is 3.08. The van der Waals surface area contributed by atoms with Crippen LogP contribution in [-0.4, -0.2) is 53.7 Å². The number of pyridine rings is 1. The van der Waals surface area contributed by atoms with Crippen molar-refractivity contribution in [1.82, 2.24) is 14.8 Å². The molecule has 28 heavy (non-hydrogen) atoms. The van der Waals surface area contributed by atoms with Crippen molar-refractivity contribution in [3.63, 3.8) is 0 Å². The molecule has 0 unspecified atom stereocenters. The van der Waals surface area contributed by atoms with Crippen molar-refractivity contribution in [2.45, 2.75) is 37.4 Å². The smallest absolute Gasteiger partial charge is 0.303 e. The highest BCUT2D eigenvalue weighted by molar-refractivity contribution is 5.37. The molecule has 2 aliphatic heterocycles. The summed E-state index contributed by atoms with van der Waals surface area (Å²) in [5.74, 6) is 0. The van der Waals surface area contributed by atoms with E-state index in [9.17, 15) is 13.2 Å². The van der Waals surface area contributed by atoms with Gasteiger partial charge >= 0.3 is 6.18 Å². The van der Waals surface area contributed by atoms with Crippen molar-refractivity contribution in [2.24, 2.45) is 0 Å². The number of benzene rings is 1. The predicted octanol–water partition coefficient (Wildman–Crippen LogP) is 4.04. The maximum absolute atomic E-state index is 13.3. The number of piperidine rings is 1. The molecule has 3 nitrogen and oxygen atoms in total. The van der Waals surface area contributed by atoms with Crippen LogP contribution in [0.5, 0.6) is 0 Å². The Morgan fingerprint density at radius 2 is 1.68 bits per heavy atom. The van der Waals surface area contributed by atoms with Gasteiger partial charge in [0.05, 0.1) is 6.54 Å². The highest BCUT2D eigenvalue weighted by atomic mass is 19.4. The summed E-state index contributed by atoms with van der Waals surface area (Å²) in [5, 5.41) is 0. The summed E-state index contributed by atoms with van der Waals surface area (Å²) in [6.45, 7) is 2.24. The van der Waals surface area contributed by atoms with Crippen LogP contribution in [0.1, 0.15) is 29.5 Å². The second-order valence-electron chi connectivity index (χ2n) is 7.92. The van der Waals surface area contributed by atoms with Gasteiger partial charge in [0.25, 0.3) is 0 Å². The number of hydrogen-bond acceptors (Lipinski definition) is 3. The van der Waals surface area contributed by atoms with Crippen LogP contribution in [0.3, 0.4) is 0 Å². The number of likely N-dealkylation sites (tertiary alicyclic amines) is 1. The molecular weight excluding hydrogens is 363 g/mol. The molecule has 1 fully saturated rings. The third kappa shape index (κ3) is 4.08. The number of hydrogen-bond donors (Lipinski definition) is 0. The van der Waals surface area contributed by atoms with Gasteiger partial charge in [0, 0.05) is 44.1 Å². The van der Waals surface area contributed by atoms with Crippen LogP contribution in [0.2, 0.25) is 0 Å². The van der Waals surface area contributed by atoms with Gasteiger partial charge in [-0.2, -0.15) is 13.2 Å². The lowest BCUT2D eigenvalue weighted by molar-refractivity contribution is -0.167. The Labute approximate surface area is 164 Å². The number of fused-ring (bicyclic) bond motifs is 2. The molecule has 6 heteroatoms. The Kier molecular flexibility index (Phi) is 5.43. The highest BCUT2D eigenvalue weighted by Gasteiger charge is 2.47. The fourth-order valence-electron chi connectivity index (χ4n) is 4.85. The zero-order valence-electron chi connectivity index (χ0n) is 16.0. The van der Waals surface area contributed by atoms with E-state index in [1.54, 1.807) is 17.3 Å². The van der Waals surface area contributed by atoms with E-state index in [2.05, 4.69) is 16.0 Å². The Hall–Kier alpha value is -1.92. The fraction of sp³-hybridized carbons (Fsp3) is 0.500. The van der Waals surface area contributed by atoms with Crippen molar-refractivity contribution < 1.29 is 13.2 Å². The average Bonchev–Trinajstić information content (AvgIpc) is 2.70. The SMILES string of the molecule is FC(F)(F)CN1CCc2ccccc2C12CCN(CCc1ccncc1)CC2. The zero-order chi connectivity index (χ0) is 19.6. The maximum Gasteiger partial charge on any atom is 0.401 e. The Morgan fingerprint density at radius 3 is 2.39 bits per heavy atom. The summed E-state index contributed by atoms with van der Waals surface area (Å²) in [6, 6.07) is 12.1. The number of nitrogens with zero attached hydrogens (tertiary/aromatic N) is 3. The van der Waals surface area contributed by atoms with Gasteiger partial charge in [-0.25, -0.2) is 0 Å². The van der Waals surface area contributed by atoms with Gasteiger partial charge in [0.2, 0.25) is 0 Å². The molecule has 0 aliphatic carbocycles. The van der Waals surface area contributed by atoms with Crippen molar-refractivity contribution >= 4 is 0 Å². The lowest BCUT2D eigenvalue weighted by atomic mass is 9.74. The topological polar surface area (TPSA) is 19.4 Å². The van der Waals surface area contributed by atoms with Crippen molar-refractivity contribution in [3.05, 3.63) is 65.5 Å². The van der Waals surface area contributed by atoms with Crippen LogP contribution in [0.15, 0.2) is 48.8 Å². The lowest BCUT2D eigenvalue weighted by Crippen LogP contribution is -2.58. The van der Waals surface area contributed by atoms with Crippen LogP contribution in [-0.2, 0) is 18.4 Å². The molecule has 1 spiro atoms. The average molecular weight is 389 g/mol. The molecule has 2 aliphatic rings. The quantitative estimate of drug-likeness (QED) is 0.787. The molecule has 1 saturated heterocycles. The zero-order valence-corrected chi connectivity index (χ0v) is 16.0. The van der Waals surface area contributed by atoms with Crippen LogP contribution in [0, 0.1) is 0 Å². The van der Waals surface area contributed by atoms with E-state index in [-0.39, 0.29) is 0 Å². The van der Waals surface area contributed by atoms with Gasteiger partial charge in [-0.05, 0) is 54.5 Å². The fourth-order valence-corrected chi connectivity index (χ4v) is 4.85. The Balaban J connectivity index is 1.50. The highest BCUT2D eigenvalue weighted by Crippen LogP contribution is 2.44. The first-order valence-corrected chi connectivity index (χ1v) is 9.98. The van der Waals surface area contributed by atoms with Gasteiger partial charge in [-0.15, -0.1) is 0 Å². The van der Waals surface area contributed by atoms with E-state index in [0.29, 0.717) is 13.0 Å². The molecule has 150 valence electrons. The summed E-state index contributed by atoms with van der Waals surface area (Å²) in [7, 11) is 0.